The summed E-state index contributed by atoms with van der Waals surface area (Å²) in [6.45, 7) is 7.44. The Morgan fingerprint density at radius 2 is 1.71 bits per heavy atom. The third-order valence-corrected chi connectivity index (χ3v) is 3.99. The number of nitrogen functional groups attached to an aromatic ring is 1. The van der Waals surface area contributed by atoms with E-state index in [0.717, 1.165) is 11.1 Å². The number of hydrogen-bond acceptors (Lipinski definition) is 3. The van der Waals surface area contributed by atoms with E-state index in [0.29, 0.717) is 11.4 Å². The summed E-state index contributed by atoms with van der Waals surface area (Å²) in [4.78, 5) is 0. The third kappa shape index (κ3) is 3.93. The van der Waals surface area contributed by atoms with Crippen molar-refractivity contribution in [3.05, 3.63) is 23.3 Å². The molecule has 0 heterocycles. The number of aryl methyl sites for hydroxylation is 2. The van der Waals surface area contributed by atoms with Crippen LogP contribution in [0, 0.1) is 19.8 Å². The predicted octanol–water partition coefficient (Wildman–Crippen LogP) is 2.28. The van der Waals surface area contributed by atoms with Crippen LogP contribution in [0.2, 0.25) is 0 Å². The van der Waals surface area contributed by atoms with Gasteiger partial charge in [0.1, 0.15) is 0 Å². The van der Waals surface area contributed by atoms with Gasteiger partial charge < -0.3 is 5.73 Å². The highest BCUT2D eigenvalue weighted by Gasteiger charge is 2.15. The highest BCUT2D eigenvalue weighted by Crippen LogP contribution is 2.24. The van der Waals surface area contributed by atoms with Crippen molar-refractivity contribution >= 4 is 21.4 Å². The minimum Gasteiger partial charge on any atom is -0.399 e. The van der Waals surface area contributed by atoms with Gasteiger partial charge in [0.15, 0.2) is 0 Å². The number of nitrogens with two attached hydrogens (primary N) is 1. The first-order chi connectivity index (χ1) is 7.71. The number of rotatable bonds is 4. The Bertz CT molecular complexity index is 484. The molecule has 1 rings (SSSR count). The van der Waals surface area contributed by atoms with Crippen LogP contribution < -0.4 is 10.5 Å². The number of nitrogens with one attached hydrogen (secondary N) is 1. The van der Waals surface area contributed by atoms with Crippen LogP contribution in [0.5, 0.6) is 0 Å². The Morgan fingerprint density at radius 3 is 2.12 bits per heavy atom. The van der Waals surface area contributed by atoms with Crippen molar-refractivity contribution in [1.82, 2.24) is 0 Å². The summed E-state index contributed by atoms with van der Waals surface area (Å²) in [6, 6.07) is 3.53. The second kappa shape index (κ2) is 4.96. The first-order valence-electron chi connectivity index (χ1n) is 5.58. The van der Waals surface area contributed by atoms with Crippen molar-refractivity contribution in [3.8, 4) is 0 Å². The monoisotopic (exact) mass is 256 g/mol. The minimum atomic E-state index is -3.28. The lowest BCUT2D eigenvalue weighted by Gasteiger charge is -2.15. The fraction of sp³-hybridized carbons (Fsp3) is 0.500. The van der Waals surface area contributed by atoms with E-state index in [4.69, 9.17) is 5.73 Å². The van der Waals surface area contributed by atoms with E-state index in [1.165, 1.54) is 0 Å². The largest absolute Gasteiger partial charge is 0.399 e. The molecule has 0 bridgehead atoms. The molecule has 0 radical (unpaired) electrons. The number of benzene rings is 1. The van der Waals surface area contributed by atoms with Gasteiger partial charge in [-0.1, -0.05) is 13.8 Å². The first-order valence-corrected chi connectivity index (χ1v) is 7.23. The van der Waals surface area contributed by atoms with E-state index >= 15 is 0 Å². The molecule has 96 valence electrons. The predicted molar refractivity (Wildman–Crippen MR) is 72.6 cm³/mol. The average Bonchev–Trinajstić information content (AvgIpc) is 2.09. The van der Waals surface area contributed by atoms with Crippen LogP contribution in [0.3, 0.4) is 0 Å². The summed E-state index contributed by atoms with van der Waals surface area (Å²) in [5.74, 6) is 0.220. The molecular formula is C12H20N2O2S. The second-order valence-electron chi connectivity index (χ2n) is 4.81. The summed E-state index contributed by atoms with van der Waals surface area (Å²) < 4.78 is 26.3. The molecule has 0 saturated carbocycles. The Balaban J connectivity index is 3.04. The Hall–Kier alpha value is -1.23. The van der Waals surface area contributed by atoms with Gasteiger partial charge in [-0.15, -0.1) is 0 Å². The second-order valence-corrected chi connectivity index (χ2v) is 6.57. The van der Waals surface area contributed by atoms with E-state index in [1.807, 2.05) is 27.7 Å². The molecule has 0 unspecified atom stereocenters. The van der Waals surface area contributed by atoms with Crippen molar-refractivity contribution in [2.75, 3.05) is 16.2 Å². The van der Waals surface area contributed by atoms with Gasteiger partial charge in [0.2, 0.25) is 10.0 Å². The molecule has 3 N–H and O–H groups in total. The molecule has 0 aromatic heterocycles. The molecule has 17 heavy (non-hydrogen) atoms. The van der Waals surface area contributed by atoms with Crippen molar-refractivity contribution in [2.45, 2.75) is 27.7 Å². The fourth-order valence-electron chi connectivity index (χ4n) is 1.79. The highest BCUT2D eigenvalue weighted by molar-refractivity contribution is 7.92. The fourth-order valence-corrected chi connectivity index (χ4v) is 3.39. The summed E-state index contributed by atoms with van der Waals surface area (Å²) in [5.41, 5.74) is 8.66. The van der Waals surface area contributed by atoms with Crippen LogP contribution in [0.15, 0.2) is 12.1 Å². The minimum absolute atomic E-state index is 0.0990. The van der Waals surface area contributed by atoms with Crippen LogP contribution in [-0.2, 0) is 10.0 Å². The number of anilines is 2. The standard InChI is InChI=1S/C12H20N2O2S/c1-8(2)7-17(15,16)14-12-9(3)5-11(13)6-10(12)4/h5-6,8,14H,7,13H2,1-4H3. The molecule has 5 heteroatoms. The van der Waals surface area contributed by atoms with Gasteiger partial charge in [-0.2, -0.15) is 0 Å². The van der Waals surface area contributed by atoms with Crippen LogP contribution in [0.25, 0.3) is 0 Å². The lowest BCUT2D eigenvalue weighted by molar-refractivity contribution is 0.587. The molecule has 1 aromatic carbocycles. The van der Waals surface area contributed by atoms with Crippen molar-refractivity contribution in [3.63, 3.8) is 0 Å². The molecule has 0 aliphatic carbocycles. The maximum Gasteiger partial charge on any atom is 0.232 e. The molecule has 0 amide bonds. The summed E-state index contributed by atoms with van der Waals surface area (Å²) >= 11 is 0. The molecule has 0 saturated heterocycles. The zero-order chi connectivity index (χ0) is 13.2. The van der Waals surface area contributed by atoms with Crippen molar-refractivity contribution < 1.29 is 8.42 Å². The molecular weight excluding hydrogens is 236 g/mol. The van der Waals surface area contributed by atoms with E-state index < -0.39 is 10.0 Å². The molecule has 0 atom stereocenters. The Labute approximate surface area is 103 Å². The normalized spacial score (nSPS) is 11.8. The zero-order valence-electron chi connectivity index (χ0n) is 10.7. The van der Waals surface area contributed by atoms with Crippen LogP contribution in [0.1, 0.15) is 25.0 Å². The van der Waals surface area contributed by atoms with Gasteiger partial charge >= 0.3 is 0 Å². The van der Waals surface area contributed by atoms with Gasteiger partial charge in [-0.3, -0.25) is 4.72 Å². The van der Waals surface area contributed by atoms with Crippen molar-refractivity contribution in [2.24, 2.45) is 5.92 Å². The zero-order valence-corrected chi connectivity index (χ0v) is 11.6. The van der Waals surface area contributed by atoms with Gasteiger partial charge in [-0.05, 0) is 43.0 Å². The third-order valence-electron chi connectivity index (χ3n) is 2.37. The lowest BCUT2D eigenvalue weighted by Crippen LogP contribution is -2.21. The van der Waals surface area contributed by atoms with E-state index in [2.05, 4.69) is 4.72 Å². The smallest absolute Gasteiger partial charge is 0.232 e. The maximum absolute atomic E-state index is 11.9. The van der Waals surface area contributed by atoms with Gasteiger partial charge in [0, 0.05) is 5.69 Å². The van der Waals surface area contributed by atoms with E-state index in [9.17, 15) is 8.42 Å². The maximum atomic E-state index is 11.9. The summed E-state index contributed by atoms with van der Waals surface area (Å²) in [6.07, 6.45) is 0. The van der Waals surface area contributed by atoms with Crippen molar-refractivity contribution in [1.29, 1.82) is 0 Å². The summed E-state index contributed by atoms with van der Waals surface area (Å²) in [5, 5.41) is 0. The molecule has 1 aromatic rings. The lowest BCUT2D eigenvalue weighted by atomic mass is 10.1. The molecule has 4 nitrogen and oxygen atoms in total. The summed E-state index contributed by atoms with van der Waals surface area (Å²) in [7, 11) is -3.28. The van der Waals surface area contributed by atoms with E-state index in [1.54, 1.807) is 12.1 Å². The first kappa shape index (κ1) is 13.8. The topological polar surface area (TPSA) is 72.2 Å². The van der Waals surface area contributed by atoms with Crippen LogP contribution in [0.4, 0.5) is 11.4 Å². The SMILES string of the molecule is Cc1cc(N)cc(C)c1NS(=O)(=O)CC(C)C. The molecule has 0 spiro atoms. The average molecular weight is 256 g/mol. The Kier molecular flexibility index (Phi) is 4.03. The van der Waals surface area contributed by atoms with Gasteiger partial charge in [0.25, 0.3) is 0 Å². The molecule has 0 aliphatic rings. The molecule has 0 aliphatic heterocycles. The van der Waals surface area contributed by atoms with E-state index in [-0.39, 0.29) is 11.7 Å². The van der Waals surface area contributed by atoms with Gasteiger partial charge in [-0.25, -0.2) is 8.42 Å². The Morgan fingerprint density at radius 1 is 1.24 bits per heavy atom. The highest BCUT2D eigenvalue weighted by atomic mass is 32.2. The van der Waals surface area contributed by atoms with Gasteiger partial charge in [0.05, 0.1) is 11.4 Å². The quantitative estimate of drug-likeness (QED) is 0.812. The van der Waals surface area contributed by atoms with Crippen LogP contribution >= 0.6 is 0 Å². The number of hydrogen-bond donors (Lipinski definition) is 2. The molecule has 0 fully saturated rings. The number of sulfonamides is 1. The van der Waals surface area contributed by atoms with Crippen LogP contribution in [-0.4, -0.2) is 14.2 Å².